The van der Waals surface area contributed by atoms with Gasteiger partial charge in [0.15, 0.2) is 0 Å². The summed E-state index contributed by atoms with van der Waals surface area (Å²) < 4.78 is 6.43. The summed E-state index contributed by atoms with van der Waals surface area (Å²) >= 11 is 3.26. The summed E-state index contributed by atoms with van der Waals surface area (Å²) in [4.78, 5) is 0. The Kier molecular flexibility index (Phi) is 8.52. The predicted molar refractivity (Wildman–Crippen MR) is 137 cm³/mol. The van der Waals surface area contributed by atoms with E-state index >= 15 is 0 Å². The van der Waals surface area contributed by atoms with Crippen LogP contribution < -0.4 is 0 Å². The molecule has 0 amide bonds. The maximum atomic E-state index is 10.9. The largest absolute Gasteiger partial charge is 0.388 e. The van der Waals surface area contributed by atoms with Gasteiger partial charge in [0.2, 0.25) is 0 Å². The lowest BCUT2D eigenvalue weighted by molar-refractivity contribution is -0.107. The second-order valence-electron chi connectivity index (χ2n) is 8.10. The van der Waals surface area contributed by atoms with Gasteiger partial charge in [-0.1, -0.05) is 91.0 Å². The van der Waals surface area contributed by atoms with Gasteiger partial charge in [-0.2, -0.15) is 0 Å². The van der Waals surface area contributed by atoms with E-state index in [0.29, 0.717) is 0 Å². The van der Waals surface area contributed by atoms with E-state index in [0.717, 1.165) is 34.6 Å². The Hall–Kier alpha value is -1.80. The van der Waals surface area contributed by atoms with E-state index in [1.807, 2.05) is 91.0 Å². The van der Waals surface area contributed by atoms with E-state index in [-0.39, 0.29) is 11.2 Å². The van der Waals surface area contributed by atoms with Crippen molar-refractivity contribution in [3.05, 3.63) is 108 Å². The monoisotopic (exact) mass is 482 g/mol. The van der Waals surface area contributed by atoms with Crippen molar-refractivity contribution in [3.8, 4) is 0 Å². The van der Waals surface area contributed by atoms with E-state index in [4.69, 9.17) is 4.74 Å². The molecule has 0 spiro atoms. The molecule has 1 saturated heterocycles. The zero-order valence-electron chi connectivity index (χ0n) is 18.4. The standard InChI is InChI=1S/C27H30O4S2/c28-23(24(29)25(30)26-32-17-10-18-33-26)19-31-27(20-11-4-1-5-12-20,21-13-6-2-7-14-21)22-15-8-3-9-16-22/h1-9,11-16,23-26,28-30H,10,17-19H2/t23-,24+,25-/m1/s1. The molecule has 33 heavy (non-hydrogen) atoms. The molecule has 0 bridgehead atoms. The number of thioether (sulfide) groups is 2. The normalized spacial score (nSPS) is 17.9. The third-order valence-electron chi connectivity index (χ3n) is 5.89. The van der Waals surface area contributed by atoms with Crippen molar-refractivity contribution < 1.29 is 20.1 Å². The third kappa shape index (κ3) is 5.48. The molecule has 3 aromatic carbocycles. The minimum absolute atomic E-state index is 0.140. The van der Waals surface area contributed by atoms with Crippen molar-refractivity contribution >= 4 is 23.5 Å². The number of aliphatic hydroxyl groups is 3. The third-order valence-corrected chi connectivity index (χ3v) is 8.97. The first-order chi connectivity index (χ1) is 16.1. The molecular formula is C27H30O4S2. The van der Waals surface area contributed by atoms with Crippen LogP contribution in [0.15, 0.2) is 91.0 Å². The SMILES string of the molecule is O[C@@H]([C@H](O)COC(c1ccccc1)(c1ccccc1)c1ccccc1)[C@@H](O)C1SCCCS1. The molecule has 0 saturated carbocycles. The van der Waals surface area contributed by atoms with Gasteiger partial charge in [-0.15, -0.1) is 23.5 Å². The Morgan fingerprint density at radius 2 is 1.15 bits per heavy atom. The van der Waals surface area contributed by atoms with Crippen molar-refractivity contribution in [2.24, 2.45) is 0 Å². The maximum absolute atomic E-state index is 10.9. The molecule has 174 valence electrons. The maximum Gasteiger partial charge on any atom is 0.143 e. The quantitative estimate of drug-likeness (QED) is 0.396. The molecule has 0 unspecified atom stereocenters. The van der Waals surface area contributed by atoms with Crippen LogP contribution in [0.2, 0.25) is 0 Å². The Morgan fingerprint density at radius 3 is 1.58 bits per heavy atom. The van der Waals surface area contributed by atoms with Crippen molar-refractivity contribution in [1.82, 2.24) is 0 Å². The van der Waals surface area contributed by atoms with Crippen molar-refractivity contribution in [1.29, 1.82) is 0 Å². The van der Waals surface area contributed by atoms with Crippen LogP contribution in [0.4, 0.5) is 0 Å². The molecular weight excluding hydrogens is 452 g/mol. The molecule has 0 aromatic heterocycles. The highest BCUT2D eigenvalue weighted by Gasteiger charge is 2.40. The fraction of sp³-hybridized carbons (Fsp3) is 0.333. The summed E-state index contributed by atoms with van der Waals surface area (Å²) in [7, 11) is 0. The lowest BCUT2D eigenvalue weighted by Gasteiger charge is -2.37. The number of hydrogen-bond acceptors (Lipinski definition) is 6. The smallest absolute Gasteiger partial charge is 0.143 e. The van der Waals surface area contributed by atoms with Gasteiger partial charge in [-0.05, 0) is 34.6 Å². The first-order valence-electron chi connectivity index (χ1n) is 11.2. The minimum atomic E-state index is -1.30. The van der Waals surface area contributed by atoms with Crippen LogP contribution in [0.25, 0.3) is 0 Å². The van der Waals surface area contributed by atoms with E-state index < -0.39 is 23.9 Å². The van der Waals surface area contributed by atoms with Gasteiger partial charge in [0, 0.05) is 0 Å². The summed E-state index contributed by atoms with van der Waals surface area (Å²) in [6, 6.07) is 29.7. The summed E-state index contributed by atoms with van der Waals surface area (Å²) in [5, 5.41) is 32.3. The highest BCUT2D eigenvalue weighted by molar-refractivity contribution is 8.17. The van der Waals surface area contributed by atoms with Crippen LogP contribution in [0.5, 0.6) is 0 Å². The Labute approximate surface area is 204 Å². The molecule has 1 aliphatic heterocycles. The molecule has 1 fully saturated rings. The summed E-state index contributed by atoms with van der Waals surface area (Å²) in [6.45, 7) is -0.140. The van der Waals surface area contributed by atoms with E-state index in [1.165, 1.54) is 0 Å². The summed E-state index contributed by atoms with van der Waals surface area (Å²) in [6.07, 6.45) is -2.47. The first kappa shape index (κ1) is 24.3. The zero-order chi connectivity index (χ0) is 23.1. The van der Waals surface area contributed by atoms with Crippen molar-refractivity contribution in [2.45, 2.75) is 34.9 Å². The highest BCUT2D eigenvalue weighted by Crippen LogP contribution is 2.41. The van der Waals surface area contributed by atoms with E-state index in [1.54, 1.807) is 23.5 Å². The highest BCUT2D eigenvalue weighted by atomic mass is 32.2. The molecule has 0 aliphatic carbocycles. The van der Waals surface area contributed by atoms with Crippen LogP contribution in [0.1, 0.15) is 23.1 Å². The Bertz CT molecular complexity index is 869. The van der Waals surface area contributed by atoms with E-state index in [9.17, 15) is 15.3 Å². The number of hydrogen-bond donors (Lipinski definition) is 3. The average molecular weight is 483 g/mol. The van der Waals surface area contributed by atoms with Crippen LogP contribution in [0, 0.1) is 0 Å². The number of rotatable bonds is 9. The fourth-order valence-electron chi connectivity index (χ4n) is 4.17. The second kappa shape index (κ2) is 11.6. The lowest BCUT2D eigenvalue weighted by Crippen LogP contribution is -2.46. The molecule has 3 aromatic rings. The summed E-state index contributed by atoms with van der Waals surface area (Å²) in [5.41, 5.74) is 1.78. The van der Waals surface area contributed by atoms with Crippen LogP contribution in [-0.4, -0.2) is 56.3 Å². The fourth-order valence-corrected chi connectivity index (χ4v) is 7.12. The Balaban J connectivity index is 1.65. The van der Waals surface area contributed by atoms with Gasteiger partial charge in [-0.25, -0.2) is 0 Å². The topological polar surface area (TPSA) is 69.9 Å². The van der Waals surface area contributed by atoms with Gasteiger partial charge in [0.05, 0.1) is 11.2 Å². The van der Waals surface area contributed by atoms with Crippen LogP contribution in [-0.2, 0) is 10.3 Å². The molecule has 0 radical (unpaired) electrons. The predicted octanol–water partition coefficient (Wildman–Crippen LogP) is 4.27. The van der Waals surface area contributed by atoms with Gasteiger partial charge < -0.3 is 20.1 Å². The number of aliphatic hydroxyl groups excluding tert-OH is 3. The lowest BCUT2D eigenvalue weighted by atomic mass is 9.80. The second-order valence-corrected chi connectivity index (χ2v) is 10.9. The molecule has 1 heterocycles. The molecule has 3 atom stereocenters. The number of ether oxygens (including phenoxy) is 1. The van der Waals surface area contributed by atoms with E-state index in [2.05, 4.69) is 0 Å². The first-order valence-corrected chi connectivity index (χ1v) is 13.3. The van der Waals surface area contributed by atoms with Gasteiger partial charge in [0.1, 0.15) is 23.9 Å². The Morgan fingerprint density at radius 1 is 0.727 bits per heavy atom. The molecule has 6 heteroatoms. The van der Waals surface area contributed by atoms with Crippen molar-refractivity contribution in [3.63, 3.8) is 0 Å². The van der Waals surface area contributed by atoms with Crippen LogP contribution in [0.3, 0.4) is 0 Å². The summed E-state index contributed by atoms with van der Waals surface area (Å²) in [5.74, 6) is 1.90. The molecule has 3 N–H and O–H groups in total. The van der Waals surface area contributed by atoms with Gasteiger partial charge >= 0.3 is 0 Å². The molecule has 4 rings (SSSR count). The van der Waals surface area contributed by atoms with Crippen molar-refractivity contribution in [2.75, 3.05) is 18.1 Å². The van der Waals surface area contributed by atoms with Gasteiger partial charge in [-0.3, -0.25) is 0 Å². The number of benzene rings is 3. The average Bonchev–Trinajstić information content (AvgIpc) is 2.90. The zero-order valence-corrected chi connectivity index (χ0v) is 20.0. The molecule has 4 nitrogen and oxygen atoms in total. The molecule has 1 aliphatic rings. The van der Waals surface area contributed by atoms with Gasteiger partial charge in [0.25, 0.3) is 0 Å². The van der Waals surface area contributed by atoms with Crippen LogP contribution >= 0.6 is 23.5 Å². The minimum Gasteiger partial charge on any atom is -0.388 e.